The van der Waals surface area contributed by atoms with Gasteiger partial charge in [-0.25, -0.2) is 4.79 Å². The minimum Gasteiger partial charge on any atom is -0.444 e. The number of hydrogen-bond acceptors (Lipinski definition) is 5. The van der Waals surface area contributed by atoms with Gasteiger partial charge in [-0.1, -0.05) is 6.42 Å². The summed E-state index contributed by atoms with van der Waals surface area (Å²) in [5, 5.41) is 11.7. The van der Waals surface area contributed by atoms with Crippen molar-refractivity contribution < 1.29 is 14.6 Å². The first kappa shape index (κ1) is 17.2. The lowest BCUT2D eigenvalue weighted by Gasteiger charge is -2.25. The number of carbonyl (C=O) groups is 1. The predicted octanol–water partition coefficient (Wildman–Crippen LogP) is 0.492. The first-order chi connectivity index (χ1) is 8.30. The predicted molar refractivity (Wildman–Crippen MR) is 70.6 cm³/mol. The van der Waals surface area contributed by atoms with Gasteiger partial charge in [0.1, 0.15) is 11.6 Å². The van der Waals surface area contributed by atoms with Crippen LogP contribution in [0.25, 0.3) is 0 Å². The molecule has 0 saturated heterocycles. The summed E-state index contributed by atoms with van der Waals surface area (Å²) in [5.41, 5.74) is 10.7. The Morgan fingerprint density at radius 2 is 2.00 bits per heavy atom. The lowest BCUT2D eigenvalue weighted by molar-refractivity contribution is 0.0513. The molecule has 107 valence electrons. The topological polar surface area (TPSA) is 111 Å². The Labute approximate surface area is 109 Å². The van der Waals surface area contributed by atoms with Crippen LogP contribution in [0.5, 0.6) is 0 Å². The Morgan fingerprint density at radius 1 is 1.39 bits per heavy atom. The van der Waals surface area contributed by atoms with Crippen molar-refractivity contribution in [1.82, 2.24) is 5.32 Å². The molecule has 0 rings (SSSR count). The molecule has 1 radical (unpaired) electrons. The van der Waals surface area contributed by atoms with E-state index >= 15 is 0 Å². The molecule has 1 unspecified atom stereocenters. The van der Waals surface area contributed by atoms with Gasteiger partial charge in [0.05, 0.1) is 6.61 Å². The van der Waals surface area contributed by atoms with E-state index < -0.39 is 11.7 Å². The standard InChI is InChI=1S/C12H26N3O3/c1-12(2,3)18-11(17)15-10(8-16)9(14)6-4-5-7-13/h9,16H,4-8,13-14H2,1-3H3,(H,15,17). The molecule has 0 saturated carbocycles. The number of alkyl carbamates (subject to hydrolysis) is 1. The van der Waals surface area contributed by atoms with Gasteiger partial charge < -0.3 is 26.6 Å². The van der Waals surface area contributed by atoms with Crippen molar-refractivity contribution in [2.75, 3.05) is 13.2 Å². The van der Waals surface area contributed by atoms with Gasteiger partial charge in [0.15, 0.2) is 0 Å². The van der Waals surface area contributed by atoms with Gasteiger partial charge in [0, 0.05) is 6.04 Å². The van der Waals surface area contributed by atoms with E-state index in [-0.39, 0.29) is 12.6 Å². The van der Waals surface area contributed by atoms with Gasteiger partial charge in [-0.3, -0.25) is 0 Å². The summed E-state index contributed by atoms with van der Waals surface area (Å²) in [4.78, 5) is 11.5. The second-order valence-corrected chi connectivity index (χ2v) is 5.20. The Balaban J connectivity index is 4.12. The molecule has 6 heteroatoms. The molecule has 0 aliphatic rings. The lowest BCUT2D eigenvalue weighted by atomic mass is 10.0. The summed E-state index contributed by atoms with van der Waals surface area (Å²) in [6, 6.07) is -0.00432. The van der Waals surface area contributed by atoms with Crippen LogP contribution in [0, 0.1) is 6.04 Å². The molecule has 0 bridgehead atoms. The van der Waals surface area contributed by atoms with E-state index in [0.717, 1.165) is 12.8 Å². The van der Waals surface area contributed by atoms with E-state index in [1.165, 1.54) is 0 Å². The summed E-state index contributed by atoms with van der Waals surface area (Å²) in [7, 11) is 0. The van der Waals surface area contributed by atoms with Gasteiger partial charge in [-0.15, -0.1) is 0 Å². The number of rotatable bonds is 7. The lowest BCUT2D eigenvalue weighted by Crippen LogP contribution is -2.45. The van der Waals surface area contributed by atoms with Crippen LogP contribution >= 0.6 is 0 Å². The number of nitrogens with two attached hydrogens (primary N) is 2. The SMILES string of the molecule is CC(C)(C)OC(=O)N[C](CO)C(N)CCCCN. The number of hydrogen-bond donors (Lipinski definition) is 4. The second-order valence-electron chi connectivity index (χ2n) is 5.20. The molecule has 0 aromatic heterocycles. The molecule has 0 aromatic rings. The van der Waals surface area contributed by atoms with Crippen molar-refractivity contribution in [3.8, 4) is 0 Å². The van der Waals surface area contributed by atoms with E-state index in [0.29, 0.717) is 19.0 Å². The summed E-state index contributed by atoms with van der Waals surface area (Å²) >= 11 is 0. The Hall–Kier alpha value is -0.850. The molecule has 0 aromatic carbocycles. The fraction of sp³-hybridized carbons (Fsp3) is 0.833. The largest absolute Gasteiger partial charge is 0.444 e. The average molecular weight is 260 g/mol. The first-order valence-corrected chi connectivity index (χ1v) is 6.22. The van der Waals surface area contributed by atoms with Crippen LogP contribution in [0.2, 0.25) is 0 Å². The Bertz CT molecular complexity index is 241. The maximum Gasteiger partial charge on any atom is 0.408 e. The van der Waals surface area contributed by atoms with E-state index in [9.17, 15) is 9.90 Å². The smallest absolute Gasteiger partial charge is 0.408 e. The fourth-order valence-electron chi connectivity index (χ4n) is 1.37. The van der Waals surface area contributed by atoms with Crippen molar-refractivity contribution >= 4 is 6.09 Å². The Kier molecular flexibility index (Phi) is 7.90. The van der Waals surface area contributed by atoms with Gasteiger partial charge in [-0.05, 0) is 40.2 Å². The highest BCUT2D eigenvalue weighted by molar-refractivity contribution is 5.69. The third-order valence-electron chi connectivity index (χ3n) is 2.25. The van der Waals surface area contributed by atoms with Crippen molar-refractivity contribution in [1.29, 1.82) is 0 Å². The van der Waals surface area contributed by atoms with Gasteiger partial charge >= 0.3 is 6.09 Å². The average Bonchev–Trinajstić information content (AvgIpc) is 2.23. The maximum atomic E-state index is 11.5. The molecule has 0 heterocycles. The van der Waals surface area contributed by atoms with Crippen molar-refractivity contribution in [2.45, 2.75) is 51.7 Å². The number of unbranched alkanes of at least 4 members (excludes halogenated alkanes) is 1. The number of nitrogens with one attached hydrogen (secondary N) is 1. The molecular weight excluding hydrogens is 234 g/mol. The van der Waals surface area contributed by atoms with Crippen molar-refractivity contribution in [3.63, 3.8) is 0 Å². The quantitative estimate of drug-likeness (QED) is 0.498. The molecule has 1 atom stereocenters. The third-order valence-corrected chi connectivity index (χ3v) is 2.25. The third kappa shape index (κ3) is 8.27. The number of ether oxygens (including phenoxy) is 1. The van der Waals surface area contributed by atoms with Gasteiger partial charge in [-0.2, -0.15) is 0 Å². The molecule has 6 N–H and O–H groups in total. The maximum absolute atomic E-state index is 11.5. The van der Waals surface area contributed by atoms with E-state index in [1.807, 2.05) is 0 Å². The number of aliphatic hydroxyl groups excluding tert-OH is 1. The van der Waals surface area contributed by atoms with Crippen LogP contribution < -0.4 is 16.8 Å². The van der Waals surface area contributed by atoms with Crippen LogP contribution in [0.3, 0.4) is 0 Å². The zero-order valence-electron chi connectivity index (χ0n) is 11.5. The summed E-state index contributed by atoms with van der Waals surface area (Å²) in [5.74, 6) is 0. The minimum absolute atomic E-state index is 0.289. The molecule has 0 aliphatic heterocycles. The molecule has 0 aliphatic carbocycles. The van der Waals surface area contributed by atoms with Crippen LogP contribution in [0.1, 0.15) is 40.0 Å². The highest BCUT2D eigenvalue weighted by Gasteiger charge is 2.23. The van der Waals surface area contributed by atoms with Crippen LogP contribution in [0.4, 0.5) is 4.79 Å². The molecule has 18 heavy (non-hydrogen) atoms. The van der Waals surface area contributed by atoms with Crippen LogP contribution in [-0.4, -0.2) is 36.0 Å². The van der Waals surface area contributed by atoms with Crippen LogP contribution in [0.15, 0.2) is 0 Å². The Morgan fingerprint density at radius 3 is 2.44 bits per heavy atom. The summed E-state index contributed by atoms with van der Waals surface area (Å²) < 4.78 is 5.09. The minimum atomic E-state index is -0.596. The zero-order valence-corrected chi connectivity index (χ0v) is 11.5. The molecule has 0 spiro atoms. The highest BCUT2D eigenvalue weighted by atomic mass is 16.6. The monoisotopic (exact) mass is 260 g/mol. The zero-order chi connectivity index (χ0) is 14.2. The summed E-state index contributed by atoms with van der Waals surface area (Å²) in [6.07, 6.45) is 1.81. The first-order valence-electron chi connectivity index (χ1n) is 6.22. The molecule has 0 fully saturated rings. The number of carbonyl (C=O) groups excluding carboxylic acids is 1. The van der Waals surface area contributed by atoms with E-state index in [2.05, 4.69) is 5.32 Å². The molecular formula is C12H26N3O3. The molecule has 1 amide bonds. The van der Waals surface area contributed by atoms with E-state index in [4.69, 9.17) is 16.2 Å². The van der Waals surface area contributed by atoms with Gasteiger partial charge in [0.25, 0.3) is 0 Å². The fourth-order valence-corrected chi connectivity index (χ4v) is 1.37. The van der Waals surface area contributed by atoms with Crippen LogP contribution in [-0.2, 0) is 4.74 Å². The number of aliphatic hydroxyl groups is 1. The summed E-state index contributed by atoms with van der Waals surface area (Å²) in [6.45, 7) is 5.63. The van der Waals surface area contributed by atoms with Crippen molar-refractivity contribution in [3.05, 3.63) is 6.04 Å². The van der Waals surface area contributed by atoms with E-state index in [1.54, 1.807) is 20.8 Å². The molecule has 6 nitrogen and oxygen atoms in total. The van der Waals surface area contributed by atoms with Gasteiger partial charge in [0.2, 0.25) is 0 Å². The number of amides is 1. The second kappa shape index (κ2) is 8.29. The van der Waals surface area contributed by atoms with Crippen molar-refractivity contribution in [2.24, 2.45) is 11.5 Å². The highest BCUT2D eigenvalue weighted by Crippen LogP contribution is 2.11. The normalized spacial score (nSPS) is 13.5.